The van der Waals surface area contributed by atoms with E-state index in [4.69, 9.17) is 24.2 Å². The highest BCUT2D eigenvalue weighted by molar-refractivity contribution is 6.05. The van der Waals surface area contributed by atoms with E-state index in [-0.39, 0.29) is 30.0 Å². The average Bonchev–Trinajstić information content (AvgIpc) is 3.54. The van der Waals surface area contributed by atoms with Gasteiger partial charge in [-0.1, -0.05) is 69.0 Å². The predicted octanol–water partition coefficient (Wildman–Crippen LogP) is 5.59. The number of ether oxygens (including phenoxy) is 3. The second kappa shape index (κ2) is 9.68. The molecule has 5 atom stereocenters. The van der Waals surface area contributed by atoms with Crippen LogP contribution in [-0.4, -0.2) is 50.3 Å². The van der Waals surface area contributed by atoms with Gasteiger partial charge in [0, 0.05) is 18.9 Å². The van der Waals surface area contributed by atoms with Crippen LogP contribution in [0.1, 0.15) is 51.2 Å². The predicted molar refractivity (Wildman–Crippen MR) is 135 cm³/mol. The first-order valence-electron chi connectivity index (χ1n) is 11.9. The topological polar surface area (TPSA) is 52.4 Å². The molecular formula is C28H36N2O3. The molecule has 1 aromatic rings. The molecule has 1 aliphatic carbocycles. The number of hydrogen-bond acceptors (Lipinski definition) is 5. The second-order valence-corrected chi connectivity index (χ2v) is 9.78. The molecule has 0 N–H and O–H groups in total. The Morgan fingerprint density at radius 1 is 1.09 bits per heavy atom. The van der Waals surface area contributed by atoms with Crippen molar-refractivity contribution in [2.24, 2.45) is 21.3 Å². The van der Waals surface area contributed by atoms with E-state index in [1.54, 1.807) is 7.11 Å². The maximum Gasteiger partial charge on any atom is 0.199 e. The molecule has 0 bridgehead atoms. The smallest absolute Gasteiger partial charge is 0.199 e. The van der Waals surface area contributed by atoms with E-state index in [9.17, 15) is 0 Å². The fourth-order valence-corrected chi connectivity index (χ4v) is 4.62. The standard InChI is InChI=1S/C28H36N2O3/c1-7-20-10-8-11-21(14-20)18(2)24-16-32-26(29-24)28(4,5)27-30-25(17-33-27)19(3)22-12-9-13-23(15-22)31-6/h7-12,14-15,18-19,23-25H,1,13,16-17H2,2-6H3/t18-,19?,23?,24?,25?/m0/s1. The van der Waals surface area contributed by atoms with Crippen molar-refractivity contribution in [3.05, 3.63) is 65.8 Å². The number of hydrogen-bond donors (Lipinski definition) is 0. The summed E-state index contributed by atoms with van der Waals surface area (Å²) in [6.07, 6.45) is 9.52. The van der Waals surface area contributed by atoms with Crippen LogP contribution in [0.25, 0.3) is 6.08 Å². The van der Waals surface area contributed by atoms with E-state index in [0.717, 1.165) is 12.0 Å². The summed E-state index contributed by atoms with van der Waals surface area (Å²) in [7, 11) is 1.76. The molecule has 2 aliphatic heterocycles. The molecule has 5 heteroatoms. The van der Waals surface area contributed by atoms with Crippen molar-refractivity contribution in [3.8, 4) is 0 Å². The Hall–Kier alpha value is -2.66. The molecule has 0 saturated heterocycles. The minimum absolute atomic E-state index is 0.0690. The van der Waals surface area contributed by atoms with E-state index in [2.05, 4.69) is 76.8 Å². The van der Waals surface area contributed by atoms with E-state index in [1.807, 2.05) is 6.08 Å². The van der Waals surface area contributed by atoms with Crippen molar-refractivity contribution < 1.29 is 14.2 Å². The van der Waals surface area contributed by atoms with E-state index in [1.165, 1.54) is 11.1 Å². The van der Waals surface area contributed by atoms with Gasteiger partial charge < -0.3 is 14.2 Å². The Morgan fingerprint density at radius 3 is 2.39 bits per heavy atom. The summed E-state index contributed by atoms with van der Waals surface area (Å²) < 4.78 is 17.7. The minimum atomic E-state index is -0.502. The number of nitrogens with zero attached hydrogens (tertiary/aromatic N) is 2. The number of aliphatic imine (C=N–C) groups is 2. The maximum atomic E-state index is 6.11. The first kappa shape index (κ1) is 23.5. The second-order valence-electron chi connectivity index (χ2n) is 9.78. The van der Waals surface area contributed by atoms with Crippen molar-refractivity contribution in [1.29, 1.82) is 0 Å². The van der Waals surface area contributed by atoms with Crippen LogP contribution in [0.5, 0.6) is 0 Å². The fraction of sp³-hybridized carbons (Fsp3) is 0.500. The molecule has 4 rings (SSSR count). The molecule has 0 spiro atoms. The van der Waals surface area contributed by atoms with Crippen LogP contribution in [0.2, 0.25) is 0 Å². The van der Waals surface area contributed by atoms with Crippen LogP contribution < -0.4 is 0 Å². The molecule has 176 valence electrons. The van der Waals surface area contributed by atoms with Crippen molar-refractivity contribution >= 4 is 17.9 Å². The number of allylic oxidation sites excluding steroid dienone is 1. The molecule has 0 aromatic heterocycles. The van der Waals surface area contributed by atoms with Crippen molar-refractivity contribution in [2.45, 2.75) is 58.2 Å². The first-order valence-corrected chi connectivity index (χ1v) is 11.9. The Bertz CT molecular complexity index is 1000. The Labute approximate surface area is 198 Å². The SMILES string of the molecule is C=Cc1cccc([C@H](C)C2COC(C(C)(C)C3=NC(C(C)C4=CC(OC)CC=C4)CO3)=N2)c1. The first-order chi connectivity index (χ1) is 15.8. The van der Waals surface area contributed by atoms with Gasteiger partial charge in [-0.05, 0) is 37.0 Å². The summed E-state index contributed by atoms with van der Waals surface area (Å²) >= 11 is 0. The van der Waals surface area contributed by atoms with Gasteiger partial charge in [0.15, 0.2) is 11.8 Å². The highest BCUT2D eigenvalue weighted by Gasteiger charge is 2.43. The molecule has 0 fully saturated rings. The van der Waals surface area contributed by atoms with Crippen LogP contribution >= 0.6 is 0 Å². The molecule has 4 unspecified atom stereocenters. The Morgan fingerprint density at radius 2 is 1.76 bits per heavy atom. The zero-order chi connectivity index (χ0) is 23.6. The lowest BCUT2D eigenvalue weighted by molar-refractivity contribution is 0.141. The molecule has 3 aliphatic rings. The largest absolute Gasteiger partial charge is 0.478 e. The summed E-state index contributed by atoms with van der Waals surface area (Å²) in [5.41, 5.74) is 3.12. The molecule has 0 saturated carbocycles. The third-order valence-electron chi connectivity index (χ3n) is 7.13. The van der Waals surface area contributed by atoms with Crippen LogP contribution in [0.4, 0.5) is 0 Å². The molecular weight excluding hydrogens is 412 g/mol. The Balaban J connectivity index is 1.48. The van der Waals surface area contributed by atoms with Crippen molar-refractivity contribution in [2.75, 3.05) is 20.3 Å². The lowest BCUT2D eigenvalue weighted by atomic mass is 9.89. The molecule has 1 aromatic carbocycles. The van der Waals surface area contributed by atoms with Gasteiger partial charge in [-0.15, -0.1) is 0 Å². The molecule has 33 heavy (non-hydrogen) atoms. The van der Waals surface area contributed by atoms with E-state index < -0.39 is 5.41 Å². The Kier molecular flexibility index (Phi) is 6.89. The zero-order valence-corrected chi connectivity index (χ0v) is 20.5. The lowest BCUT2D eigenvalue weighted by Crippen LogP contribution is -2.34. The summed E-state index contributed by atoms with van der Waals surface area (Å²) in [5, 5.41) is 0. The van der Waals surface area contributed by atoms with Gasteiger partial charge in [-0.3, -0.25) is 0 Å². The number of methoxy groups -OCH3 is 1. The zero-order valence-electron chi connectivity index (χ0n) is 20.5. The normalized spacial score (nSPS) is 26.6. The summed E-state index contributed by atoms with van der Waals surface area (Å²) in [6.45, 7) is 13.6. The van der Waals surface area contributed by atoms with Crippen LogP contribution in [-0.2, 0) is 14.2 Å². The summed E-state index contributed by atoms with van der Waals surface area (Å²) in [5.74, 6) is 1.92. The van der Waals surface area contributed by atoms with Crippen molar-refractivity contribution in [1.82, 2.24) is 0 Å². The van der Waals surface area contributed by atoms with Crippen molar-refractivity contribution in [3.63, 3.8) is 0 Å². The fourth-order valence-electron chi connectivity index (χ4n) is 4.62. The van der Waals surface area contributed by atoms with Crippen LogP contribution in [0.15, 0.2) is 64.6 Å². The van der Waals surface area contributed by atoms with E-state index in [0.29, 0.717) is 25.0 Å². The molecule has 0 radical (unpaired) electrons. The summed E-state index contributed by atoms with van der Waals surface area (Å²) in [6, 6.07) is 8.60. The van der Waals surface area contributed by atoms with Gasteiger partial charge in [-0.25, -0.2) is 9.98 Å². The highest BCUT2D eigenvalue weighted by Crippen LogP contribution is 2.35. The molecule has 2 heterocycles. The summed E-state index contributed by atoms with van der Waals surface area (Å²) in [4.78, 5) is 9.97. The van der Waals surface area contributed by atoms with Gasteiger partial charge in [-0.2, -0.15) is 0 Å². The van der Waals surface area contributed by atoms with E-state index >= 15 is 0 Å². The average molecular weight is 449 g/mol. The monoisotopic (exact) mass is 448 g/mol. The third kappa shape index (κ3) is 4.84. The highest BCUT2D eigenvalue weighted by atomic mass is 16.5. The quantitative estimate of drug-likeness (QED) is 0.521. The van der Waals surface area contributed by atoms with Gasteiger partial charge >= 0.3 is 0 Å². The molecule has 0 amide bonds. The number of rotatable bonds is 8. The van der Waals surface area contributed by atoms with Gasteiger partial charge in [0.2, 0.25) is 0 Å². The maximum absolute atomic E-state index is 6.11. The minimum Gasteiger partial charge on any atom is -0.478 e. The molecule has 5 nitrogen and oxygen atoms in total. The third-order valence-corrected chi connectivity index (χ3v) is 7.13. The van der Waals surface area contributed by atoms with Crippen LogP contribution in [0, 0.1) is 11.3 Å². The lowest BCUT2D eigenvalue weighted by Gasteiger charge is -2.22. The van der Waals surface area contributed by atoms with Gasteiger partial charge in [0.05, 0.1) is 18.2 Å². The van der Waals surface area contributed by atoms with Crippen LogP contribution in [0.3, 0.4) is 0 Å². The number of benzene rings is 1. The van der Waals surface area contributed by atoms with Gasteiger partial charge in [0.25, 0.3) is 0 Å². The van der Waals surface area contributed by atoms with Gasteiger partial charge in [0.1, 0.15) is 18.6 Å².